The summed E-state index contributed by atoms with van der Waals surface area (Å²) >= 11 is 0. The quantitative estimate of drug-likeness (QED) is 0.527. The molecular formula is C24H31N7O2. The van der Waals surface area contributed by atoms with E-state index in [1.165, 1.54) is 0 Å². The molecule has 5 rings (SSSR count). The molecule has 0 radical (unpaired) electrons. The lowest BCUT2D eigenvalue weighted by Crippen LogP contribution is -2.51. The summed E-state index contributed by atoms with van der Waals surface area (Å²) in [5.41, 5.74) is 1.35. The van der Waals surface area contributed by atoms with Crippen molar-refractivity contribution >= 4 is 34.6 Å². The normalized spacial score (nSPS) is 22.4. The molecule has 2 aromatic heterocycles. The fraction of sp³-hybridized carbons (Fsp3) is 0.500. The third kappa shape index (κ3) is 4.58. The summed E-state index contributed by atoms with van der Waals surface area (Å²) in [6, 6.07) is 10.4. The van der Waals surface area contributed by atoms with Gasteiger partial charge in [-0.25, -0.2) is 9.78 Å². The number of rotatable bonds is 4. The van der Waals surface area contributed by atoms with Gasteiger partial charge in [0.2, 0.25) is 5.95 Å². The second-order valence-corrected chi connectivity index (χ2v) is 10.1. The number of piperidine rings is 1. The fourth-order valence-corrected chi connectivity index (χ4v) is 4.93. The van der Waals surface area contributed by atoms with Crippen molar-refractivity contribution in [1.29, 1.82) is 0 Å². The van der Waals surface area contributed by atoms with E-state index in [9.17, 15) is 4.79 Å². The van der Waals surface area contributed by atoms with Crippen LogP contribution in [0.15, 0.2) is 30.3 Å². The predicted octanol–water partition coefficient (Wildman–Crippen LogP) is 4.75. The van der Waals surface area contributed by atoms with Crippen LogP contribution < -0.4 is 10.6 Å². The largest absolute Gasteiger partial charge is 0.444 e. The van der Waals surface area contributed by atoms with Crippen LogP contribution in [0.1, 0.15) is 52.1 Å². The molecule has 1 aromatic carbocycles. The van der Waals surface area contributed by atoms with E-state index in [-0.39, 0.29) is 24.2 Å². The van der Waals surface area contributed by atoms with E-state index in [1.807, 2.05) is 62.9 Å². The van der Waals surface area contributed by atoms with E-state index in [0.29, 0.717) is 17.6 Å². The SMILES string of the molecule is Cc1cc(Nc2nc(NC3CC4CCC(C3)N4C(=O)OC(C)(C)C)nc3ccccc23)n[nH]1. The first-order valence-corrected chi connectivity index (χ1v) is 11.6. The van der Waals surface area contributed by atoms with Crippen LogP contribution in [0.4, 0.5) is 22.4 Å². The number of para-hydroxylation sites is 1. The number of aromatic nitrogens is 4. The first-order valence-electron chi connectivity index (χ1n) is 11.6. The van der Waals surface area contributed by atoms with Crippen molar-refractivity contribution in [3.8, 4) is 0 Å². The number of aromatic amines is 1. The molecule has 4 heterocycles. The van der Waals surface area contributed by atoms with Crippen LogP contribution in [0.25, 0.3) is 10.9 Å². The van der Waals surface area contributed by atoms with Gasteiger partial charge in [0, 0.05) is 35.3 Å². The van der Waals surface area contributed by atoms with Crippen molar-refractivity contribution in [3.05, 3.63) is 36.0 Å². The Kier molecular flexibility index (Phi) is 5.34. The second kappa shape index (κ2) is 8.20. The Morgan fingerprint density at radius 1 is 1.15 bits per heavy atom. The fourth-order valence-electron chi connectivity index (χ4n) is 4.93. The number of fused-ring (bicyclic) bond motifs is 3. The number of nitrogens with one attached hydrogen (secondary N) is 3. The molecule has 0 spiro atoms. The van der Waals surface area contributed by atoms with Crippen molar-refractivity contribution in [2.75, 3.05) is 10.6 Å². The Labute approximate surface area is 193 Å². The summed E-state index contributed by atoms with van der Waals surface area (Å²) in [5.74, 6) is 2.01. The monoisotopic (exact) mass is 449 g/mol. The zero-order valence-electron chi connectivity index (χ0n) is 19.6. The van der Waals surface area contributed by atoms with Crippen molar-refractivity contribution < 1.29 is 9.53 Å². The van der Waals surface area contributed by atoms with Gasteiger partial charge in [0.25, 0.3) is 0 Å². The average Bonchev–Trinajstić information content (AvgIpc) is 3.27. The number of nitrogens with zero attached hydrogens (tertiary/aromatic N) is 4. The van der Waals surface area contributed by atoms with Gasteiger partial charge in [0.05, 0.1) is 5.52 Å². The number of benzene rings is 1. The van der Waals surface area contributed by atoms with E-state index in [4.69, 9.17) is 14.7 Å². The van der Waals surface area contributed by atoms with Gasteiger partial charge in [0.15, 0.2) is 5.82 Å². The molecule has 2 fully saturated rings. The van der Waals surface area contributed by atoms with Crippen LogP contribution in [0, 0.1) is 6.92 Å². The number of amides is 1. The molecule has 174 valence electrons. The molecule has 2 bridgehead atoms. The molecule has 9 nitrogen and oxygen atoms in total. The number of aryl methyl sites for hydroxylation is 1. The van der Waals surface area contributed by atoms with Gasteiger partial charge in [-0.05, 0) is 65.5 Å². The maximum Gasteiger partial charge on any atom is 0.410 e. The Hall–Kier alpha value is -3.36. The van der Waals surface area contributed by atoms with Crippen molar-refractivity contribution in [3.63, 3.8) is 0 Å². The van der Waals surface area contributed by atoms with Gasteiger partial charge in [0.1, 0.15) is 11.4 Å². The third-order valence-corrected chi connectivity index (χ3v) is 6.23. The zero-order valence-corrected chi connectivity index (χ0v) is 19.6. The maximum atomic E-state index is 12.7. The molecule has 33 heavy (non-hydrogen) atoms. The predicted molar refractivity (Wildman–Crippen MR) is 128 cm³/mol. The van der Waals surface area contributed by atoms with Gasteiger partial charge in [-0.3, -0.25) is 5.10 Å². The Bertz CT molecular complexity index is 1160. The van der Waals surface area contributed by atoms with Gasteiger partial charge >= 0.3 is 6.09 Å². The summed E-state index contributed by atoms with van der Waals surface area (Å²) in [6.07, 6.45) is 3.52. The minimum atomic E-state index is -0.485. The van der Waals surface area contributed by atoms with Crippen LogP contribution in [0.2, 0.25) is 0 Å². The van der Waals surface area contributed by atoms with Crippen LogP contribution in [-0.2, 0) is 4.74 Å². The van der Waals surface area contributed by atoms with E-state index in [0.717, 1.165) is 42.3 Å². The van der Waals surface area contributed by atoms with E-state index < -0.39 is 5.60 Å². The Morgan fingerprint density at radius 2 is 1.88 bits per heavy atom. The second-order valence-electron chi connectivity index (χ2n) is 10.1. The molecule has 0 saturated carbocycles. The summed E-state index contributed by atoms with van der Waals surface area (Å²) in [7, 11) is 0. The van der Waals surface area contributed by atoms with Crippen molar-refractivity contribution in [1.82, 2.24) is 25.1 Å². The van der Waals surface area contributed by atoms with E-state index in [1.54, 1.807) is 0 Å². The number of hydrogen-bond acceptors (Lipinski definition) is 7. The smallest absolute Gasteiger partial charge is 0.410 e. The standard InChI is InChI=1S/C24H31N7O2/c1-14-11-20(30-29-14)27-21-18-7-5-6-8-19(18)26-22(28-21)25-15-12-16-9-10-17(13-15)31(16)23(32)33-24(2,3)4/h5-8,11,15-17H,9-10,12-13H2,1-4H3,(H3,25,26,27,28,29,30). The number of carbonyl (C=O) groups is 1. The van der Waals surface area contributed by atoms with Crippen LogP contribution >= 0.6 is 0 Å². The first kappa shape index (κ1) is 21.5. The minimum absolute atomic E-state index is 0.182. The minimum Gasteiger partial charge on any atom is -0.444 e. The lowest BCUT2D eigenvalue weighted by molar-refractivity contribution is 0.00682. The number of carbonyl (C=O) groups excluding carboxylic acids is 1. The highest BCUT2D eigenvalue weighted by Crippen LogP contribution is 2.38. The molecule has 9 heteroatoms. The highest BCUT2D eigenvalue weighted by molar-refractivity contribution is 5.91. The molecular weight excluding hydrogens is 418 g/mol. The van der Waals surface area contributed by atoms with Gasteiger partial charge in [-0.2, -0.15) is 10.1 Å². The van der Waals surface area contributed by atoms with Crippen LogP contribution in [0.5, 0.6) is 0 Å². The molecule has 0 aliphatic carbocycles. The lowest BCUT2D eigenvalue weighted by atomic mass is 9.98. The number of hydrogen-bond donors (Lipinski definition) is 3. The summed E-state index contributed by atoms with van der Waals surface area (Å²) in [5, 5.41) is 15.0. The van der Waals surface area contributed by atoms with Crippen molar-refractivity contribution in [2.24, 2.45) is 0 Å². The first-order chi connectivity index (χ1) is 15.7. The van der Waals surface area contributed by atoms with Gasteiger partial charge in [-0.15, -0.1) is 0 Å². The number of anilines is 3. The lowest BCUT2D eigenvalue weighted by Gasteiger charge is -2.39. The maximum absolute atomic E-state index is 12.7. The highest BCUT2D eigenvalue weighted by atomic mass is 16.6. The molecule has 3 N–H and O–H groups in total. The van der Waals surface area contributed by atoms with Crippen LogP contribution in [0.3, 0.4) is 0 Å². The molecule has 2 unspecified atom stereocenters. The third-order valence-electron chi connectivity index (χ3n) is 6.23. The number of ether oxygens (including phenoxy) is 1. The van der Waals surface area contributed by atoms with E-state index >= 15 is 0 Å². The number of H-pyrrole nitrogens is 1. The van der Waals surface area contributed by atoms with E-state index in [2.05, 4.69) is 20.8 Å². The zero-order chi connectivity index (χ0) is 23.2. The van der Waals surface area contributed by atoms with Gasteiger partial charge in [-0.1, -0.05) is 12.1 Å². The molecule has 2 aliphatic heterocycles. The summed E-state index contributed by atoms with van der Waals surface area (Å²) < 4.78 is 5.66. The van der Waals surface area contributed by atoms with Crippen molar-refractivity contribution in [2.45, 2.75) is 77.1 Å². The summed E-state index contributed by atoms with van der Waals surface area (Å²) in [4.78, 5) is 24.2. The molecule has 1 amide bonds. The topological polar surface area (TPSA) is 108 Å². The highest BCUT2D eigenvalue weighted by Gasteiger charge is 2.45. The molecule has 2 aliphatic rings. The summed E-state index contributed by atoms with van der Waals surface area (Å²) in [6.45, 7) is 7.69. The average molecular weight is 450 g/mol. The van der Waals surface area contributed by atoms with Crippen LogP contribution in [-0.4, -0.2) is 54.9 Å². The molecule has 3 aromatic rings. The Balaban J connectivity index is 1.34. The molecule has 2 atom stereocenters. The Morgan fingerprint density at radius 3 is 2.55 bits per heavy atom. The molecule has 2 saturated heterocycles. The van der Waals surface area contributed by atoms with Gasteiger partial charge < -0.3 is 20.3 Å².